The highest BCUT2D eigenvalue weighted by atomic mass is 14.0. The zero-order chi connectivity index (χ0) is 12.8. The van der Waals surface area contributed by atoms with Gasteiger partial charge in [-0.15, -0.1) is 0 Å². The molecule has 0 bridgehead atoms. The fraction of sp³-hybridized carbons (Fsp3) is 0.765. The van der Waals surface area contributed by atoms with Crippen LogP contribution in [-0.4, -0.2) is 0 Å². The third kappa shape index (κ3) is 11.7. The van der Waals surface area contributed by atoms with Crippen LogP contribution >= 0.6 is 0 Å². The first-order chi connectivity index (χ1) is 8.35. The Labute approximate surface area is 109 Å². The van der Waals surface area contributed by atoms with Crippen molar-refractivity contribution in [1.29, 1.82) is 0 Å². The van der Waals surface area contributed by atoms with Gasteiger partial charge in [0, 0.05) is 0 Å². The Morgan fingerprint density at radius 3 is 1.71 bits per heavy atom. The average Bonchev–Trinajstić information content (AvgIpc) is 2.35. The van der Waals surface area contributed by atoms with Gasteiger partial charge in [0.1, 0.15) is 0 Å². The highest BCUT2D eigenvalue weighted by molar-refractivity contribution is 5.12. The summed E-state index contributed by atoms with van der Waals surface area (Å²) in [5.74, 6) is 0. The first kappa shape index (κ1) is 16.5. The summed E-state index contributed by atoms with van der Waals surface area (Å²) >= 11 is 0. The van der Waals surface area contributed by atoms with Gasteiger partial charge < -0.3 is 0 Å². The smallest absolute Gasteiger partial charge is 0.0317 e. The first-order valence-corrected chi connectivity index (χ1v) is 7.65. The largest absolute Gasteiger partial charge is 0.0877 e. The van der Waals surface area contributed by atoms with Crippen molar-refractivity contribution in [2.24, 2.45) is 0 Å². The summed E-state index contributed by atoms with van der Waals surface area (Å²) < 4.78 is 0. The lowest BCUT2D eigenvalue weighted by Crippen LogP contribution is -1.87. The molecule has 0 heterocycles. The summed E-state index contributed by atoms with van der Waals surface area (Å²) in [6.45, 7) is 6.66. The van der Waals surface area contributed by atoms with Crippen molar-refractivity contribution in [2.75, 3.05) is 0 Å². The number of rotatable bonds is 11. The molecule has 0 heteroatoms. The van der Waals surface area contributed by atoms with Crippen molar-refractivity contribution >= 4 is 0 Å². The Hall–Kier alpha value is -0.520. The summed E-state index contributed by atoms with van der Waals surface area (Å²) in [5.41, 5.74) is 1.66. The molecule has 0 aromatic heterocycles. The monoisotopic (exact) mass is 236 g/mol. The van der Waals surface area contributed by atoms with E-state index in [-0.39, 0.29) is 0 Å². The fourth-order valence-electron chi connectivity index (χ4n) is 2.08. The molecule has 0 fully saturated rings. The van der Waals surface area contributed by atoms with Crippen LogP contribution in [0.15, 0.2) is 23.8 Å². The van der Waals surface area contributed by atoms with Crippen LogP contribution in [0.1, 0.15) is 85.0 Å². The Kier molecular flexibility index (Phi) is 13.1. The zero-order valence-electron chi connectivity index (χ0n) is 12.3. The van der Waals surface area contributed by atoms with Crippen LogP contribution in [0, 0.1) is 0 Å². The molecule has 0 aliphatic heterocycles. The lowest BCUT2D eigenvalue weighted by Gasteiger charge is -2.06. The second-order valence-electron chi connectivity index (χ2n) is 4.97. The van der Waals surface area contributed by atoms with Crippen molar-refractivity contribution in [1.82, 2.24) is 0 Å². The van der Waals surface area contributed by atoms with E-state index in [2.05, 4.69) is 39.0 Å². The quantitative estimate of drug-likeness (QED) is 0.286. The van der Waals surface area contributed by atoms with Gasteiger partial charge in [-0.2, -0.15) is 0 Å². The normalized spacial score (nSPS) is 11.0. The third-order valence-corrected chi connectivity index (χ3v) is 3.23. The minimum absolute atomic E-state index is 1.32. The molecule has 0 nitrogen and oxygen atoms in total. The second kappa shape index (κ2) is 13.5. The van der Waals surface area contributed by atoms with Gasteiger partial charge in [0.15, 0.2) is 0 Å². The van der Waals surface area contributed by atoms with E-state index in [1.165, 1.54) is 64.2 Å². The van der Waals surface area contributed by atoms with Gasteiger partial charge in [-0.3, -0.25) is 0 Å². The molecule has 0 saturated carbocycles. The van der Waals surface area contributed by atoms with Crippen molar-refractivity contribution in [3.05, 3.63) is 23.8 Å². The lowest BCUT2D eigenvalue weighted by molar-refractivity contribution is 0.624. The first-order valence-electron chi connectivity index (χ1n) is 7.65. The predicted molar refractivity (Wildman–Crippen MR) is 80.4 cm³/mol. The van der Waals surface area contributed by atoms with E-state index in [4.69, 9.17) is 0 Å². The van der Waals surface area contributed by atoms with Crippen LogP contribution < -0.4 is 0 Å². The molecule has 0 amide bonds. The molecule has 0 aliphatic carbocycles. The molecule has 0 atom stereocenters. The molecule has 0 unspecified atom stereocenters. The highest BCUT2D eigenvalue weighted by Gasteiger charge is 1.97. The summed E-state index contributed by atoms with van der Waals surface area (Å²) in [6, 6.07) is 0. The van der Waals surface area contributed by atoms with E-state index in [9.17, 15) is 0 Å². The SMILES string of the molecule is C/C=C/C=C(CCCCCC)CCCCCC. The van der Waals surface area contributed by atoms with Gasteiger partial charge in [0.25, 0.3) is 0 Å². The summed E-state index contributed by atoms with van der Waals surface area (Å²) in [7, 11) is 0. The van der Waals surface area contributed by atoms with Gasteiger partial charge in [0.05, 0.1) is 0 Å². The average molecular weight is 236 g/mol. The summed E-state index contributed by atoms with van der Waals surface area (Å²) in [6.07, 6.45) is 20.3. The van der Waals surface area contributed by atoms with Crippen molar-refractivity contribution in [3.8, 4) is 0 Å². The van der Waals surface area contributed by atoms with E-state index >= 15 is 0 Å². The number of hydrogen-bond acceptors (Lipinski definition) is 0. The predicted octanol–water partition coefficient (Wildman–Crippen LogP) is 6.43. The molecule has 0 saturated heterocycles. The van der Waals surface area contributed by atoms with Crippen molar-refractivity contribution in [3.63, 3.8) is 0 Å². The Bertz CT molecular complexity index is 184. The second-order valence-corrected chi connectivity index (χ2v) is 4.97. The molecule has 0 aromatic rings. The molecule has 100 valence electrons. The molecular formula is C17H32. The molecular weight excluding hydrogens is 204 g/mol. The zero-order valence-corrected chi connectivity index (χ0v) is 12.3. The van der Waals surface area contributed by atoms with Crippen LogP contribution in [0.5, 0.6) is 0 Å². The topological polar surface area (TPSA) is 0 Å². The number of allylic oxidation sites excluding steroid dienone is 4. The minimum Gasteiger partial charge on any atom is -0.0877 e. The van der Waals surface area contributed by atoms with Crippen LogP contribution in [0.25, 0.3) is 0 Å². The minimum atomic E-state index is 1.32. The van der Waals surface area contributed by atoms with E-state index in [1.54, 1.807) is 5.57 Å². The van der Waals surface area contributed by atoms with Crippen LogP contribution in [0.4, 0.5) is 0 Å². The van der Waals surface area contributed by atoms with Crippen molar-refractivity contribution < 1.29 is 0 Å². The van der Waals surface area contributed by atoms with Crippen LogP contribution in [0.2, 0.25) is 0 Å². The van der Waals surface area contributed by atoms with Gasteiger partial charge in [-0.05, 0) is 32.6 Å². The Morgan fingerprint density at radius 1 is 0.765 bits per heavy atom. The van der Waals surface area contributed by atoms with Crippen molar-refractivity contribution in [2.45, 2.75) is 85.0 Å². The van der Waals surface area contributed by atoms with Gasteiger partial charge in [-0.1, -0.05) is 76.2 Å². The van der Waals surface area contributed by atoms with Crippen LogP contribution in [-0.2, 0) is 0 Å². The summed E-state index contributed by atoms with van der Waals surface area (Å²) in [4.78, 5) is 0. The molecule has 0 aliphatic rings. The fourth-order valence-corrected chi connectivity index (χ4v) is 2.08. The highest BCUT2D eigenvalue weighted by Crippen LogP contribution is 2.17. The molecule has 0 N–H and O–H groups in total. The van der Waals surface area contributed by atoms with Gasteiger partial charge in [-0.25, -0.2) is 0 Å². The Morgan fingerprint density at radius 2 is 1.29 bits per heavy atom. The maximum atomic E-state index is 2.35. The van der Waals surface area contributed by atoms with E-state index in [1.807, 2.05) is 0 Å². The lowest BCUT2D eigenvalue weighted by atomic mass is 10.00. The molecule has 0 radical (unpaired) electrons. The third-order valence-electron chi connectivity index (χ3n) is 3.23. The molecule has 0 aromatic carbocycles. The number of unbranched alkanes of at least 4 members (excludes halogenated alkanes) is 6. The molecule has 0 spiro atoms. The van der Waals surface area contributed by atoms with E-state index in [0.29, 0.717) is 0 Å². The van der Waals surface area contributed by atoms with Crippen LogP contribution in [0.3, 0.4) is 0 Å². The Balaban J connectivity index is 3.80. The van der Waals surface area contributed by atoms with E-state index < -0.39 is 0 Å². The standard InChI is InChI=1S/C17H32/c1-4-7-10-12-15-17(14-9-6-3)16-13-11-8-5-2/h6,9,14H,4-5,7-8,10-13,15-16H2,1-3H3/b9-6+. The summed E-state index contributed by atoms with van der Waals surface area (Å²) in [5, 5.41) is 0. The molecule has 17 heavy (non-hydrogen) atoms. The maximum Gasteiger partial charge on any atom is -0.0317 e. The maximum absolute atomic E-state index is 2.35. The van der Waals surface area contributed by atoms with Gasteiger partial charge in [0.2, 0.25) is 0 Å². The molecule has 0 rings (SSSR count). The number of hydrogen-bond donors (Lipinski definition) is 0. The van der Waals surface area contributed by atoms with E-state index in [0.717, 1.165) is 0 Å². The van der Waals surface area contributed by atoms with Gasteiger partial charge >= 0.3 is 0 Å².